The highest BCUT2D eigenvalue weighted by molar-refractivity contribution is 5.95. The molecule has 0 saturated heterocycles. The van der Waals surface area contributed by atoms with E-state index in [1.165, 1.54) is 44.9 Å². The molecule has 1 amide bonds. The van der Waals surface area contributed by atoms with Crippen molar-refractivity contribution in [1.29, 1.82) is 0 Å². The predicted molar refractivity (Wildman–Crippen MR) is 121 cm³/mol. The monoisotopic (exact) mass is 379 g/mol. The molecule has 0 aromatic heterocycles. The van der Waals surface area contributed by atoms with Gasteiger partial charge in [0, 0.05) is 24.1 Å². The SMILES string of the molecule is C#Cc1ccc(C#C)c(N(CCCCCCCC)C(=O)CCCCCCC)c1. The van der Waals surface area contributed by atoms with E-state index in [1.807, 2.05) is 23.1 Å². The third-order valence-corrected chi connectivity index (χ3v) is 5.14. The molecule has 0 N–H and O–H groups in total. The second kappa shape index (κ2) is 14.8. The maximum absolute atomic E-state index is 13.0. The van der Waals surface area contributed by atoms with Crippen LogP contribution in [0.5, 0.6) is 0 Å². The lowest BCUT2D eigenvalue weighted by atomic mass is 10.1. The molecule has 0 heterocycles. The average molecular weight is 380 g/mol. The molecule has 0 fully saturated rings. The van der Waals surface area contributed by atoms with Crippen molar-refractivity contribution in [2.24, 2.45) is 0 Å². The van der Waals surface area contributed by atoms with Gasteiger partial charge in [0.15, 0.2) is 0 Å². The van der Waals surface area contributed by atoms with E-state index in [0.717, 1.165) is 42.5 Å². The highest BCUT2D eigenvalue weighted by Crippen LogP contribution is 2.24. The molecule has 0 aliphatic rings. The van der Waals surface area contributed by atoms with Crippen molar-refractivity contribution in [3.05, 3.63) is 29.3 Å². The molecule has 0 atom stereocenters. The maximum Gasteiger partial charge on any atom is 0.227 e. The highest BCUT2D eigenvalue weighted by atomic mass is 16.2. The summed E-state index contributed by atoms with van der Waals surface area (Å²) in [6.07, 6.45) is 24.7. The van der Waals surface area contributed by atoms with Crippen LogP contribution in [0.25, 0.3) is 0 Å². The number of nitrogens with zero attached hydrogens (tertiary/aromatic N) is 1. The van der Waals surface area contributed by atoms with Crippen molar-refractivity contribution >= 4 is 11.6 Å². The van der Waals surface area contributed by atoms with Gasteiger partial charge in [-0.3, -0.25) is 4.79 Å². The van der Waals surface area contributed by atoms with E-state index in [9.17, 15) is 4.79 Å². The van der Waals surface area contributed by atoms with E-state index in [2.05, 4.69) is 25.7 Å². The molecule has 2 nitrogen and oxygen atoms in total. The first-order valence-electron chi connectivity index (χ1n) is 11.1. The maximum atomic E-state index is 13.0. The number of anilines is 1. The Morgan fingerprint density at radius 2 is 1.46 bits per heavy atom. The minimum atomic E-state index is 0.163. The van der Waals surface area contributed by atoms with Crippen molar-refractivity contribution in [3.8, 4) is 24.7 Å². The molecular formula is C26H37NO. The molecule has 1 aromatic rings. The summed E-state index contributed by atoms with van der Waals surface area (Å²) in [5, 5.41) is 0. The zero-order chi connectivity index (χ0) is 20.6. The van der Waals surface area contributed by atoms with Crippen molar-refractivity contribution in [2.75, 3.05) is 11.4 Å². The number of unbranched alkanes of at least 4 members (excludes halogenated alkanes) is 9. The lowest BCUT2D eigenvalue weighted by Crippen LogP contribution is -2.32. The van der Waals surface area contributed by atoms with Gasteiger partial charge in [0.05, 0.1) is 5.69 Å². The number of carbonyl (C=O) groups excluding carboxylic acids is 1. The van der Waals surface area contributed by atoms with Gasteiger partial charge in [-0.1, -0.05) is 83.5 Å². The molecule has 0 unspecified atom stereocenters. The Morgan fingerprint density at radius 3 is 2.07 bits per heavy atom. The van der Waals surface area contributed by atoms with Crippen LogP contribution in [0.1, 0.15) is 102 Å². The van der Waals surface area contributed by atoms with E-state index in [1.54, 1.807) is 0 Å². The zero-order valence-electron chi connectivity index (χ0n) is 17.9. The van der Waals surface area contributed by atoms with Crippen molar-refractivity contribution < 1.29 is 4.79 Å². The molecule has 0 saturated carbocycles. The first-order valence-corrected chi connectivity index (χ1v) is 11.1. The van der Waals surface area contributed by atoms with Crippen molar-refractivity contribution in [1.82, 2.24) is 0 Å². The Balaban J connectivity index is 2.82. The summed E-state index contributed by atoms with van der Waals surface area (Å²) in [4.78, 5) is 14.9. The third kappa shape index (κ3) is 8.67. The number of hydrogen-bond acceptors (Lipinski definition) is 1. The lowest BCUT2D eigenvalue weighted by molar-refractivity contribution is -0.118. The Labute approximate surface area is 173 Å². The van der Waals surface area contributed by atoms with E-state index >= 15 is 0 Å². The summed E-state index contributed by atoms with van der Waals surface area (Å²) in [7, 11) is 0. The highest BCUT2D eigenvalue weighted by Gasteiger charge is 2.18. The minimum Gasteiger partial charge on any atom is -0.311 e. The molecule has 0 aliphatic heterocycles. The van der Waals surface area contributed by atoms with Gasteiger partial charge in [-0.15, -0.1) is 12.8 Å². The number of rotatable bonds is 14. The molecular weight excluding hydrogens is 342 g/mol. The largest absolute Gasteiger partial charge is 0.311 e. The Morgan fingerprint density at radius 1 is 0.857 bits per heavy atom. The fraction of sp³-hybridized carbons (Fsp3) is 0.577. The van der Waals surface area contributed by atoms with E-state index in [0.29, 0.717) is 13.0 Å². The predicted octanol–water partition coefficient (Wildman–Crippen LogP) is 6.70. The Hall–Kier alpha value is -2.19. The lowest BCUT2D eigenvalue weighted by Gasteiger charge is -2.25. The molecule has 0 spiro atoms. The van der Waals surface area contributed by atoms with E-state index < -0.39 is 0 Å². The van der Waals surface area contributed by atoms with Crippen LogP contribution in [-0.2, 0) is 4.79 Å². The topological polar surface area (TPSA) is 20.3 Å². The fourth-order valence-corrected chi connectivity index (χ4v) is 3.41. The van der Waals surface area contributed by atoms with Crippen LogP contribution in [0.15, 0.2) is 18.2 Å². The number of terminal acetylenes is 2. The quantitative estimate of drug-likeness (QED) is 0.260. The van der Waals surface area contributed by atoms with Crippen LogP contribution in [0, 0.1) is 24.7 Å². The number of carbonyl (C=O) groups is 1. The van der Waals surface area contributed by atoms with Crippen LogP contribution in [-0.4, -0.2) is 12.5 Å². The van der Waals surface area contributed by atoms with Gasteiger partial charge >= 0.3 is 0 Å². The molecule has 0 radical (unpaired) electrons. The summed E-state index contributed by atoms with van der Waals surface area (Å²) in [5.41, 5.74) is 2.30. The minimum absolute atomic E-state index is 0.163. The molecule has 152 valence electrons. The molecule has 0 bridgehead atoms. The van der Waals surface area contributed by atoms with Crippen molar-refractivity contribution in [2.45, 2.75) is 90.9 Å². The van der Waals surface area contributed by atoms with Gasteiger partial charge in [0.2, 0.25) is 5.91 Å². The number of amides is 1. The van der Waals surface area contributed by atoms with Gasteiger partial charge < -0.3 is 4.90 Å². The molecule has 2 heteroatoms. The average Bonchev–Trinajstić information content (AvgIpc) is 2.72. The number of hydrogen-bond donors (Lipinski definition) is 0. The molecule has 28 heavy (non-hydrogen) atoms. The van der Waals surface area contributed by atoms with Crippen LogP contribution in [0.4, 0.5) is 5.69 Å². The van der Waals surface area contributed by atoms with Crippen LogP contribution < -0.4 is 4.90 Å². The summed E-state index contributed by atoms with van der Waals surface area (Å²) in [5.74, 6) is 5.55. The first-order chi connectivity index (χ1) is 13.7. The molecule has 0 aliphatic carbocycles. The zero-order valence-corrected chi connectivity index (χ0v) is 17.9. The van der Waals surface area contributed by atoms with Gasteiger partial charge in [-0.2, -0.15) is 0 Å². The van der Waals surface area contributed by atoms with Gasteiger partial charge in [0.25, 0.3) is 0 Å². The first kappa shape index (κ1) is 23.8. The normalized spacial score (nSPS) is 10.3. The third-order valence-electron chi connectivity index (χ3n) is 5.14. The molecule has 1 rings (SSSR count). The van der Waals surface area contributed by atoms with Crippen LogP contribution in [0.3, 0.4) is 0 Å². The Bertz CT molecular complexity index is 662. The number of benzene rings is 1. The fourth-order valence-electron chi connectivity index (χ4n) is 3.41. The summed E-state index contributed by atoms with van der Waals surface area (Å²) < 4.78 is 0. The van der Waals surface area contributed by atoms with Gasteiger partial charge in [0.1, 0.15) is 0 Å². The Kier molecular flexibility index (Phi) is 12.6. The van der Waals surface area contributed by atoms with Gasteiger partial charge in [-0.05, 0) is 31.0 Å². The van der Waals surface area contributed by atoms with Crippen LogP contribution in [0.2, 0.25) is 0 Å². The molecule has 1 aromatic carbocycles. The van der Waals surface area contributed by atoms with E-state index in [4.69, 9.17) is 12.8 Å². The summed E-state index contributed by atoms with van der Waals surface area (Å²) in [6.45, 7) is 5.14. The van der Waals surface area contributed by atoms with Crippen molar-refractivity contribution in [3.63, 3.8) is 0 Å². The summed E-state index contributed by atoms with van der Waals surface area (Å²) >= 11 is 0. The van der Waals surface area contributed by atoms with E-state index in [-0.39, 0.29) is 5.91 Å². The second-order valence-electron chi connectivity index (χ2n) is 7.50. The standard InChI is InChI=1S/C26H37NO/c1-5-9-11-13-15-17-21-27(26(28)18-16-14-12-10-6-2)25-22-23(7-3)19-20-24(25)8-4/h3-4,19-20,22H,5-6,9-18,21H2,1-2H3. The van der Waals surface area contributed by atoms with Crippen LogP contribution >= 0.6 is 0 Å². The van der Waals surface area contributed by atoms with Gasteiger partial charge in [-0.25, -0.2) is 0 Å². The second-order valence-corrected chi connectivity index (χ2v) is 7.50. The smallest absolute Gasteiger partial charge is 0.227 e. The summed E-state index contributed by atoms with van der Waals surface area (Å²) in [6, 6.07) is 5.59.